The molecule has 0 aromatic heterocycles. The van der Waals surface area contributed by atoms with Crippen LogP contribution in [0.3, 0.4) is 0 Å². The lowest BCUT2D eigenvalue weighted by atomic mass is 9.93. The number of carbonyl (C=O) groups excluding carboxylic acids is 1. The number of benzene rings is 1. The first-order chi connectivity index (χ1) is 9.99. The molecule has 21 heavy (non-hydrogen) atoms. The third kappa shape index (κ3) is 3.97. The van der Waals surface area contributed by atoms with Gasteiger partial charge in [-0.25, -0.2) is 4.79 Å². The number of carbonyl (C=O) groups is 1. The van der Waals surface area contributed by atoms with Gasteiger partial charge >= 0.3 is 6.03 Å². The van der Waals surface area contributed by atoms with Crippen molar-refractivity contribution in [3.8, 4) is 0 Å². The van der Waals surface area contributed by atoms with E-state index in [1.807, 2.05) is 30.9 Å². The number of aryl methyl sites for hydroxylation is 1. The van der Waals surface area contributed by atoms with Crippen molar-refractivity contribution in [1.29, 1.82) is 0 Å². The Morgan fingerprint density at radius 2 is 2.10 bits per heavy atom. The third-order valence-electron chi connectivity index (χ3n) is 4.42. The van der Waals surface area contributed by atoms with Gasteiger partial charge in [0, 0.05) is 19.0 Å². The van der Waals surface area contributed by atoms with Crippen molar-refractivity contribution in [3.05, 3.63) is 35.4 Å². The van der Waals surface area contributed by atoms with E-state index in [0.717, 1.165) is 24.9 Å². The van der Waals surface area contributed by atoms with Crippen molar-refractivity contribution in [2.24, 2.45) is 5.92 Å². The topological polar surface area (TPSA) is 52.6 Å². The second-order valence-electron chi connectivity index (χ2n) is 6.12. The summed E-state index contributed by atoms with van der Waals surface area (Å²) in [4.78, 5) is 14.2. The molecule has 0 saturated carbocycles. The number of hydrogen-bond acceptors (Lipinski definition) is 2. The molecular formula is C17H26N2O2. The number of urea groups is 1. The monoisotopic (exact) mass is 290 g/mol. The van der Waals surface area contributed by atoms with E-state index in [4.69, 9.17) is 0 Å². The maximum Gasteiger partial charge on any atom is 0.317 e. The highest BCUT2D eigenvalue weighted by Crippen LogP contribution is 2.21. The van der Waals surface area contributed by atoms with E-state index in [1.54, 1.807) is 0 Å². The molecule has 4 nitrogen and oxygen atoms in total. The number of piperidine rings is 1. The van der Waals surface area contributed by atoms with E-state index in [9.17, 15) is 9.90 Å². The zero-order valence-corrected chi connectivity index (χ0v) is 13.2. The fourth-order valence-corrected chi connectivity index (χ4v) is 3.02. The third-order valence-corrected chi connectivity index (χ3v) is 4.42. The van der Waals surface area contributed by atoms with Gasteiger partial charge in [-0.3, -0.25) is 0 Å². The average molecular weight is 290 g/mol. The number of aliphatic hydroxyl groups excluding tert-OH is 1. The standard InChI is InChI=1S/C17H26N2O2/c1-12-7-4-5-9-16(12)13(2)18-17(21)19-10-6-8-15(11-19)14(3)20/h4-5,7,9,13-15,20H,6,8,10-11H2,1-3H3,(H,18,21). The van der Waals surface area contributed by atoms with Crippen LogP contribution in [-0.2, 0) is 0 Å². The quantitative estimate of drug-likeness (QED) is 0.899. The second-order valence-corrected chi connectivity index (χ2v) is 6.12. The van der Waals surface area contributed by atoms with Crippen molar-refractivity contribution < 1.29 is 9.90 Å². The first-order valence-electron chi connectivity index (χ1n) is 7.78. The van der Waals surface area contributed by atoms with Crippen LogP contribution in [0.4, 0.5) is 4.79 Å². The SMILES string of the molecule is Cc1ccccc1C(C)NC(=O)N1CCCC(C(C)O)C1. The van der Waals surface area contributed by atoms with Crippen molar-refractivity contribution in [1.82, 2.24) is 10.2 Å². The van der Waals surface area contributed by atoms with Gasteiger partial charge in [0.15, 0.2) is 0 Å². The summed E-state index contributed by atoms with van der Waals surface area (Å²) in [6.45, 7) is 7.29. The second kappa shape index (κ2) is 6.94. The molecule has 0 aliphatic carbocycles. The summed E-state index contributed by atoms with van der Waals surface area (Å²) in [5.41, 5.74) is 2.33. The number of nitrogens with one attached hydrogen (secondary N) is 1. The van der Waals surface area contributed by atoms with Crippen LogP contribution < -0.4 is 5.32 Å². The van der Waals surface area contributed by atoms with Gasteiger partial charge in [0.1, 0.15) is 0 Å². The number of amides is 2. The Bertz CT molecular complexity index is 487. The molecule has 4 heteroatoms. The van der Waals surface area contributed by atoms with Crippen LogP contribution in [0.25, 0.3) is 0 Å². The molecule has 0 radical (unpaired) electrons. The van der Waals surface area contributed by atoms with Gasteiger partial charge in [-0.15, -0.1) is 0 Å². The smallest absolute Gasteiger partial charge is 0.317 e. The molecule has 1 saturated heterocycles. The maximum atomic E-state index is 12.4. The van der Waals surface area contributed by atoms with E-state index in [2.05, 4.69) is 24.4 Å². The zero-order valence-electron chi connectivity index (χ0n) is 13.2. The van der Waals surface area contributed by atoms with Crippen LogP contribution >= 0.6 is 0 Å². The minimum absolute atomic E-state index is 0.00868. The van der Waals surface area contributed by atoms with Gasteiger partial charge in [-0.1, -0.05) is 24.3 Å². The van der Waals surface area contributed by atoms with Gasteiger partial charge in [0.05, 0.1) is 12.1 Å². The Balaban J connectivity index is 1.96. The minimum Gasteiger partial charge on any atom is -0.393 e. The fourth-order valence-electron chi connectivity index (χ4n) is 3.02. The Morgan fingerprint density at radius 3 is 2.76 bits per heavy atom. The molecule has 1 aromatic carbocycles. The van der Waals surface area contributed by atoms with Crippen molar-refractivity contribution in [2.45, 2.75) is 45.8 Å². The number of likely N-dealkylation sites (tertiary alicyclic amines) is 1. The fraction of sp³-hybridized carbons (Fsp3) is 0.588. The predicted octanol–water partition coefficient (Wildman–Crippen LogP) is 2.86. The van der Waals surface area contributed by atoms with Crippen LogP contribution in [0, 0.1) is 12.8 Å². The lowest BCUT2D eigenvalue weighted by Crippen LogP contribution is -2.48. The normalized spacial score (nSPS) is 21.7. The summed E-state index contributed by atoms with van der Waals surface area (Å²) in [6, 6.07) is 8.07. The Hall–Kier alpha value is -1.55. The molecule has 1 fully saturated rings. The molecule has 2 N–H and O–H groups in total. The molecule has 2 rings (SSSR count). The highest BCUT2D eigenvalue weighted by atomic mass is 16.3. The Morgan fingerprint density at radius 1 is 1.38 bits per heavy atom. The molecule has 1 aliphatic heterocycles. The highest BCUT2D eigenvalue weighted by molar-refractivity contribution is 5.74. The Labute approximate surface area is 127 Å². The van der Waals surface area contributed by atoms with Crippen molar-refractivity contribution >= 4 is 6.03 Å². The van der Waals surface area contributed by atoms with Crippen LogP contribution in [0.1, 0.15) is 43.9 Å². The first-order valence-corrected chi connectivity index (χ1v) is 7.78. The summed E-state index contributed by atoms with van der Waals surface area (Å²) in [7, 11) is 0. The van der Waals surface area contributed by atoms with Gasteiger partial charge in [-0.05, 0) is 44.7 Å². The van der Waals surface area contributed by atoms with E-state index in [0.29, 0.717) is 6.54 Å². The van der Waals surface area contributed by atoms with Crippen molar-refractivity contribution in [3.63, 3.8) is 0 Å². The van der Waals surface area contributed by atoms with Gasteiger partial charge in [-0.2, -0.15) is 0 Å². The summed E-state index contributed by atoms with van der Waals surface area (Å²) >= 11 is 0. The maximum absolute atomic E-state index is 12.4. The van der Waals surface area contributed by atoms with E-state index < -0.39 is 0 Å². The molecule has 1 aromatic rings. The molecule has 3 atom stereocenters. The molecule has 2 amide bonds. The van der Waals surface area contributed by atoms with Crippen LogP contribution in [0.2, 0.25) is 0 Å². The molecule has 0 bridgehead atoms. The summed E-state index contributed by atoms with van der Waals surface area (Å²) in [5, 5.41) is 12.8. The van der Waals surface area contributed by atoms with Gasteiger partial charge in [0.2, 0.25) is 0 Å². The predicted molar refractivity (Wildman–Crippen MR) is 84.1 cm³/mol. The van der Waals surface area contributed by atoms with Crippen LogP contribution in [0.5, 0.6) is 0 Å². The molecule has 116 valence electrons. The highest BCUT2D eigenvalue weighted by Gasteiger charge is 2.27. The van der Waals surface area contributed by atoms with Crippen LogP contribution in [0.15, 0.2) is 24.3 Å². The van der Waals surface area contributed by atoms with Crippen LogP contribution in [-0.4, -0.2) is 35.2 Å². The largest absolute Gasteiger partial charge is 0.393 e. The molecule has 0 spiro atoms. The van der Waals surface area contributed by atoms with E-state index in [-0.39, 0.29) is 24.1 Å². The van der Waals surface area contributed by atoms with Gasteiger partial charge in [0.25, 0.3) is 0 Å². The van der Waals surface area contributed by atoms with Crippen molar-refractivity contribution in [2.75, 3.05) is 13.1 Å². The molecule has 1 aliphatic rings. The number of hydrogen-bond donors (Lipinski definition) is 2. The molecule has 1 heterocycles. The Kier molecular flexibility index (Phi) is 5.23. The summed E-state index contributed by atoms with van der Waals surface area (Å²) < 4.78 is 0. The number of nitrogens with zero attached hydrogens (tertiary/aromatic N) is 1. The number of rotatable bonds is 3. The lowest BCUT2D eigenvalue weighted by molar-refractivity contribution is 0.0734. The minimum atomic E-state index is -0.352. The molecule has 3 unspecified atom stereocenters. The van der Waals surface area contributed by atoms with Gasteiger partial charge < -0.3 is 15.3 Å². The molecular weight excluding hydrogens is 264 g/mol. The summed E-state index contributed by atoms with van der Waals surface area (Å²) in [5.74, 6) is 0.193. The lowest BCUT2D eigenvalue weighted by Gasteiger charge is -2.35. The zero-order chi connectivity index (χ0) is 15.4. The average Bonchev–Trinajstić information content (AvgIpc) is 2.47. The number of aliphatic hydroxyl groups is 1. The van der Waals surface area contributed by atoms with E-state index in [1.165, 1.54) is 5.56 Å². The first kappa shape index (κ1) is 15.8. The van der Waals surface area contributed by atoms with E-state index >= 15 is 0 Å². The summed E-state index contributed by atoms with van der Waals surface area (Å²) in [6.07, 6.45) is 1.60.